The molecule has 0 saturated heterocycles. The highest BCUT2D eigenvalue weighted by molar-refractivity contribution is 5.35. The number of hydrogen-bond acceptors (Lipinski definition) is 4. The zero-order valence-corrected chi connectivity index (χ0v) is 10.0. The van der Waals surface area contributed by atoms with Crippen molar-refractivity contribution in [1.29, 1.82) is 0 Å². The summed E-state index contributed by atoms with van der Waals surface area (Å²) in [6.07, 6.45) is 1.68. The Balaban J connectivity index is 2.21. The Morgan fingerprint density at radius 1 is 1.28 bits per heavy atom. The zero-order chi connectivity index (χ0) is 13.0. The molecule has 0 amide bonds. The van der Waals surface area contributed by atoms with Crippen molar-refractivity contribution in [2.45, 2.75) is 13.5 Å². The van der Waals surface area contributed by atoms with Crippen molar-refractivity contribution in [2.75, 3.05) is 11.9 Å². The van der Waals surface area contributed by atoms with Crippen molar-refractivity contribution in [3.63, 3.8) is 0 Å². The molecule has 0 fully saturated rings. The summed E-state index contributed by atoms with van der Waals surface area (Å²) in [7, 11) is 0. The van der Waals surface area contributed by atoms with Crippen LogP contribution in [0.4, 0.5) is 5.82 Å². The fourth-order valence-electron chi connectivity index (χ4n) is 1.57. The number of aromatic amines is 1. The molecule has 2 heterocycles. The molecule has 0 aliphatic rings. The first-order valence-electron chi connectivity index (χ1n) is 5.68. The summed E-state index contributed by atoms with van der Waals surface area (Å²) in [6.45, 7) is 3.09. The van der Waals surface area contributed by atoms with Crippen LogP contribution in [0.2, 0.25) is 0 Å². The highest BCUT2D eigenvalue weighted by atomic mass is 16.1. The quantitative estimate of drug-likeness (QED) is 0.819. The van der Waals surface area contributed by atoms with Crippen molar-refractivity contribution < 1.29 is 0 Å². The van der Waals surface area contributed by atoms with Crippen molar-refractivity contribution in [1.82, 2.24) is 14.8 Å². The van der Waals surface area contributed by atoms with Crippen LogP contribution in [0.5, 0.6) is 0 Å². The molecule has 0 aliphatic carbocycles. The van der Waals surface area contributed by atoms with Gasteiger partial charge in [0, 0.05) is 24.9 Å². The molecule has 0 aromatic carbocycles. The minimum atomic E-state index is -0.299. The van der Waals surface area contributed by atoms with Gasteiger partial charge in [-0.05, 0) is 18.6 Å². The van der Waals surface area contributed by atoms with Gasteiger partial charge in [-0.3, -0.25) is 14.7 Å². The van der Waals surface area contributed by atoms with E-state index in [2.05, 4.69) is 15.4 Å². The van der Waals surface area contributed by atoms with E-state index in [1.807, 2.05) is 19.1 Å². The van der Waals surface area contributed by atoms with Crippen LogP contribution in [0.1, 0.15) is 12.5 Å². The lowest BCUT2D eigenvalue weighted by Crippen LogP contribution is -2.28. The van der Waals surface area contributed by atoms with E-state index in [0.717, 1.165) is 17.9 Å². The third-order valence-electron chi connectivity index (χ3n) is 2.41. The maximum atomic E-state index is 11.5. The lowest BCUT2D eigenvalue weighted by atomic mass is 10.3. The first-order valence-corrected chi connectivity index (χ1v) is 5.68. The number of aromatic nitrogens is 3. The lowest BCUT2D eigenvalue weighted by Gasteiger charge is -2.06. The molecule has 18 heavy (non-hydrogen) atoms. The van der Waals surface area contributed by atoms with Gasteiger partial charge in [-0.25, -0.2) is 9.67 Å². The number of H-pyrrole nitrogens is 1. The number of pyridine rings is 1. The molecular formula is C12H14N4O2. The molecule has 2 aromatic rings. The molecule has 0 saturated carbocycles. The summed E-state index contributed by atoms with van der Waals surface area (Å²) in [4.78, 5) is 26.8. The molecular weight excluding hydrogens is 232 g/mol. The molecule has 2 N–H and O–H groups in total. The summed E-state index contributed by atoms with van der Waals surface area (Å²) in [6, 6.07) is 6.16. The van der Waals surface area contributed by atoms with E-state index in [0.29, 0.717) is 6.54 Å². The third-order valence-corrected chi connectivity index (χ3v) is 2.41. The smallest absolute Gasteiger partial charge is 0.265 e. The minimum Gasteiger partial charge on any atom is -0.370 e. The summed E-state index contributed by atoms with van der Waals surface area (Å²) in [5.41, 5.74) is 0.304. The normalized spacial score (nSPS) is 10.3. The van der Waals surface area contributed by atoms with Crippen LogP contribution in [0, 0.1) is 0 Å². The predicted molar refractivity (Wildman–Crippen MR) is 68.8 cm³/mol. The molecule has 0 radical (unpaired) electrons. The molecule has 2 aromatic heterocycles. The second-order valence-corrected chi connectivity index (χ2v) is 3.82. The average Bonchev–Trinajstić information content (AvgIpc) is 2.37. The summed E-state index contributed by atoms with van der Waals surface area (Å²) >= 11 is 0. The molecule has 0 unspecified atom stereocenters. The lowest BCUT2D eigenvalue weighted by molar-refractivity contribution is 0.626. The molecule has 2 rings (SSSR count). The van der Waals surface area contributed by atoms with Crippen LogP contribution >= 0.6 is 0 Å². The number of hydrogen-bond donors (Lipinski definition) is 2. The summed E-state index contributed by atoms with van der Waals surface area (Å²) < 4.78 is 1.26. The third kappa shape index (κ3) is 2.85. The van der Waals surface area contributed by atoms with Crippen LogP contribution in [0.3, 0.4) is 0 Å². The van der Waals surface area contributed by atoms with Gasteiger partial charge >= 0.3 is 0 Å². The van der Waals surface area contributed by atoms with Gasteiger partial charge in [0.1, 0.15) is 5.82 Å². The van der Waals surface area contributed by atoms with Gasteiger partial charge in [0.05, 0.1) is 6.54 Å². The maximum Gasteiger partial charge on any atom is 0.265 e. The highest BCUT2D eigenvalue weighted by Crippen LogP contribution is 2.04. The van der Waals surface area contributed by atoms with Crippen LogP contribution in [-0.2, 0) is 6.54 Å². The summed E-state index contributed by atoms with van der Waals surface area (Å²) in [5, 5.41) is 5.55. The first-order chi connectivity index (χ1) is 8.69. The fraction of sp³-hybridized carbons (Fsp3) is 0.250. The summed E-state index contributed by atoms with van der Waals surface area (Å²) in [5.74, 6) is 0.787. The van der Waals surface area contributed by atoms with Crippen molar-refractivity contribution in [3.8, 4) is 0 Å². The Kier molecular flexibility index (Phi) is 3.57. The average molecular weight is 246 g/mol. The van der Waals surface area contributed by atoms with Gasteiger partial charge in [-0.1, -0.05) is 6.07 Å². The van der Waals surface area contributed by atoms with E-state index < -0.39 is 0 Å². The number of rotatable bonds is 4. The number of nitrogens with one attached hydrogen (secondary N) is 2. The zero-order valence-electron chi connectivity index (χ0n) is 10.0. The van der Waals surface area contributed by atoms with E-state index in [1.165, 1.54) is 16.8 Å². The molecule has 6 heteroatoms. The van der Waals surface area contributed by atoms with Crippen molar-refractivity contribution >= 4 is 5.82 Å². The fourth-order valence-corrected chi connectivity index (χ4v) is 1.57. The molecule has 0 spiro atoms. The van der Waals surface area contributed by atoms with Crippen molar-refractivity contribution in [2.24, 2.45) is 0 Å². The van der Waals surface area contributed by atoms with E-state index in [4.69, 9.17) is 0 Å². The van der Waals surface area contributed by atoms with E-state index in [1.54, 1.807) is 6.20 Å². The Hall–Kier alpha value is -2.37. The van der Waals surface area contributed by atoms with Gasteiger partial charge in [0.15, 0.2) is 0 Å². The molecule has 94 valence electrons. The molecule has 0 aliphatic heterocycles. The number of nitrogens with zero attached hydrogens (tertiary/aromatic N) is 2. The van der Waals surface area contributed by atoms with Crippen LogP contribution in [0.15, 0.2) is 40.1 Å². The van der Waals surface area contributed by atoms with Crippen LogP contribution in [-0.4, -0.2) is 21.3 Å². The van der Waals surface area contributed by atoms with Crippen LogP contribution in [0.25, 0.3) is 0 Å². The van der Waals surface area contributed by atoms with Gasteiger partial charge in [0.25, 0.3) is 11.1 Å². The standard InChI is InChI=1S/C12H14N4O2/c1-2-13-10-4-3-9(7-14-10)8-16-12(18)6-5-11(17)15-16/h3-7H,2,8H2,1H3,(H,13,14)(H,15,17). The Morgan fingerprint density at radius 3 is 2.78 bits per heavy atom. The van der Waals surface area contributed by atoms with Gasteiger partial charge in [0.2, 0.25) is 0 Å². The predicted octanol–water partition coefficient (Wildman–Crippen LogP) is 0.412. The first kappa shape index (κ1) is 12.1. The van der Waals surface area contributed by atoms with E-state index >= 15 is 0 Å². The Bertz CT molecular complexity index is 628. The van der Waals surface area contributed by atoms with Crippen molar-refractivity contribution in [3.05, 3.63) is 56.7 Å². The SMILES string of the molecule is CCNc1ccc(Cn2[nH]c(=O)ccc2=O)cn1. The second kappa shape index (κ2) is 5.31. The largest absolute Gasteiger partial charge is 0.370 e. The van der Waals surface area contributed by atoms with E-state index in [9.17, 15) is 9.59 Å². The Labute approximate surface area is 103 Å². The maximum absolute atomic E-state index is 11.5. The van der Waals surface area contributed by atoms with Gasteiger partial charge in [-0.15, -0.1) is 0 Å². The number of anilines is 1. The van der Waals surface area contributed by atoms with Gasteiger partial charge in [-0.2, -0.15) is 0 Å². The second-order valence-electron chi connectivity index (χ2n) is 3.82. The highest BCUT2D eigenvalue weighted by Gasteiger charge is 1.99. The molecule has 6 nitrogen and oxygen atoms in total. The van der Waals surface area contributed by atoms with E-state index in [-0.39, 0.29) is 11.1 Å². The molecule has 0 bridgehead atoms. The monoisotopic (exact) mass is 246 g/mol. The topological polar surface area (TPSA) is 79.8 Å². The van der Waals surface area contributed by atoms with Crippen LogP contribution < -0.4 is 16.4 Å². The molecule has 0 atom stereocenters. The van der Waals surface area contributed by atoms with Gasteiger partial charge < -0.3 is 5.32 Å². The minimum absolute atomic E-state index is 0.245. The Morgan fingerprint density at radius 2 is 2.11 bits per heavy atom.